The Bertz CT molecular complexity index is 418. The summed E-state index contributed by atoms with van der Waals surface area (Å²) in [4.78, 5) is 0. The van der Waals surface area contributed by atoms with Crippen molar-refractivity contribution in [1.82, 2.24) is 0 Å². The summed E-state index contributed by atoms with van der Waals surface area (Å²) in [6.07, 6.45) is 2.73. The minimum Gasteiger partial charge on any atom is -0.464 e. The molecule has 0 unspecified atom stereocenters. The number of hydrogen-bond acceptors (Lipinski definition) is 1. The molecule has 2 heteroatoms. The molecular formula is C12H11BrO. The van der Waals surface area contributed by atoms with Gasteiger partial charge in [0.25, 0.3) is 0 Å². The summed E-state index contributed by atoms with van der Waals surface area (Å²) in [6, 6.07) is 10.2. The summed E-state index contributed by atoms with van der Waals surface area (Å²) in [7, 11) is 0. The summed E-state index contributed by atoms with van der Waals surface area (Å²) in [6.45, 7) is 2.15. The van der Waals surface area contributed by atoms with E-state index in [2.05, 4.69) is 41.1 Å². The molecule has 0 fully saturated rings. The molecule has 72 valence electrons. The first-order valence-corrected chi connectivity index (χ1v) is 5.43. The lowest BCUT2D eigenvalue weighted by Crippen LogP contribution is -1.83. The van der Waals surface area contributed by atoms with E-state index in [1.54, 1.807) is 6.26 Å². The molecule has 0 amide bonds. The Hall–Kier alpha value is -1.02. The molecule has 0 aliphatic carbocycles. The topological polar surface area (TPSA) is 13.1 Å². The Morgan fingerprint density at radius 2 is 2.14 bits per heavy atom. The minimum atomic E-state index is 0.911. The maximum atomic E-state index is 5.33. The van der Waals surface area contributed by atoms with Crippen molar-refractivity contribution < 1.29 is 4.42 Å². The van der Waals surface area contributed by atoms with Crippen molar-refractivity contribution in [1.29, 1.82) is 0 Å². The van der Waals surface area contributed by atoms with Crippen molar-refractivity contribution in [3.05, 3.63) is 46.6 Å². The SMILES string of the molecule is CCc1ccc(-c2ccco2)cc1Br. The van der Waals surface area contributed by atoms with Gasteiger partial charge < -0.3 is 4.42 Å². The molecule has 0 atom stereocenters. The van der Waals surface area contributed by atoms with Crippen LogP contribution in [0.5, 0.6) is 0 Å². The van der Waals surface area contributed by atoms with Crippen molar-refractivity contribution in [2.45, 2.75) is 13.3 Å². The third kappa shape index (κ3) is 1.75. The Morgan fingerprint density at radius 1 is 1.29 bits per heavy atom. The zero-order valence-corrected chi connectivity index (χ0v) is 9.54. The smallest absolute Gasteiger partial charge is 0.133 e. The largest absolute Gasteiger partial charge is 0.464 e. The zero-order valence-electron chi connectivity index (χ0n) is 7.96. The van der Waals surface area contributed by atoms with E-state index in [9.17, 15) is 0 Å². The van der Waals surface area contributed by atoms with Crippen molar-refractivity contribution in [2.24, 2.45) is 0 Å². The van der Waals surface area contributed by atoms with E-state index in [0.29, 0.717) is 0 Å². The predicted molar refractivity (Wildman–Crippen MR) is 61.2 cm³/mol. The van der Waals surface area contributed by atoms with Gasteiger partial charge in [-0.25, -0.2) is 0 Å². The number of aryl methyl sites for hydroxylation is 1. The van der Waals surface area contributed by atoms with Gasteiger partial charge in [-0.05, 0) is 30.2 Å². The molecule has 0 spiro atoms. The Balaban J connectivity index is 2.43. The lowest BCUT2D eigenvalue weighted by molar-refractivity contribution is 0.582. The third-order valence-corrected chi connectivity index (χ3v) is 2.98. The highest BCUT2D eigenvalue weighted by Gasteiger charge is 2.03. The fourth-order valence-corrected chi connectivity index (χ4v) is 2.09. The van der Waals surface area contributed by atoms with Crippen molar-refractivity contribution >= 4 is 15.9 Å². The quantitative estimate of drug-likeness (QED) is 0.776. The van der Waals surface area contributed by atoms with Gasteiger partial charge >= 0.3 is 0 Å². The molecular weight excluding hydrogens is 240 g/mol. The summed E-state index contributed by atoms with van der Waals surface area (Å²) in [5, 5.41) is 0. The van der Waals surface area contributed by atoms with E-state index in [1.165, 1.54) is 5.56 Å². The number of hydrogen-bond donors (Lipinski definition) is 0. The molecule has 1 aromatic carbocycles. The van der Waals surface area contributed by atoms with Crippen LogP contribution in [-0.2, 0) is 6.42 Å². The standard InChI is InChI=1S/C12H11BrO/c1-2-9-5-6-10(8-11(9)13)12-4-3-7-14-12/h3-8H,2H2,1H3. The van der Waals surface area contributed by atoms with Gasteiger partial charge in [-0.3, -0.25) is 0 Å². The molecule has 0 N–H and O–H groups in total. The minimum absolute atomic E-state index is 0.911. The number of benzene rings is 1. The van der Waals surface area contributed by atoms with Gasteiger partial charge in [-0.1, -0.05) is 35.0 Å². The van der Waals surface area contributed by atoms with Gasteiger partial charge in [0.15, 0.2) is 0 Å². The van der Waals surface area contributed by atoms with Crippen LogP contribution in [0.3, 0.4) is 0 Å². The van der Waals surface area contributed by atoms with Gasteiger partial charge in [0, 0.05) is 10.0 Å². The normalized spacial score (nSPS) is 10.4. The van der Waals surface area contributed by atoms with Crippen LogP contribution in [0.25, 0.3) is 11.3 Å². The van der Waals surface area contributed by atoms with Crippen LogP contribution in [0.2, 0.25) is 0 Å². The molecule has 2 aromatic rings. The van der Waals surface area contributed by atoms with E-state index in [1.807, 2.05) is 12.1 Å². The third-order valence-electron chi connectivity index (χ3n) is 2.24. The highest BCUT2D eigenvalue weighted by atomic mass is 79.9. The van der Waals surface area contributed by atoms with E-state index in [4.69, 9.17) is 4.42 Å². The van der Waals surface area contributed by atoms with Crippen LogP contribution < -0.4 is 0 Å². The van der Waals surface area contributed by atoms with Crippen molar-refractivity contribution in [3.63, 3.8) is 0 Å². The second kappa shape index (κ2) is 4.01. The van der Waals surface area contributed by atoms with Gasteiger partial charge in [0.2, 0.25) is 0 Å². The fourth-order valence-electron chi connectivity index (χ4n) is 1.43. The molecule has 2 rings (SSSR count). The molecule has 1 aromatic heterocycles. The van der Waals surface area contributed by atoms with Crippen LogP contribution in [0.4, 0.5) is 0 Å². The predicted octanol–water partition coefficient (Wildman–Crippen LogP) is 4.27. The fraction of sp³-hybridized carbons (Fsp3) is 0.167. The molecule has 0 saturated carbocycles. The number of halogens is 1. The summed E-state index contributed by atoms with van der Waals surface area (Å²) < 4.78 is 6.47. The molecule has 1 nitrogen and oxygen atoms in total. The lowest BCUT2D eigenvalue weighted by Gasteiger charge is -2.03. The van der Waals surface area contributed by atoms with Gasteiger partial charge in [0.05, 0.1) is 6.26 Å². The number of rotatable bonds is 2. The van der Waals surface area contributed by atoms with Crippen molar-refractivity contribution in [3.8, 4) is 11.3 Å². The summed E-state index contributed by atoms with van der Waals surface area (Å²) in [5.74, 6) is 0.911. The highest BCUT2D eigenvalue weighted by Crippen LogP contribution is 2.26. The maximum absolute atomic E-state index is 5.33. The Morgan fingerprint density at radius 3 is 2.71 bits per heavy atom. The van der Waals surface area contributed by atoms with Crippen LogP contribution in [0, 0.1) is 0 Å². The van der Waals surface area contributed by atoms with Gasteiger partial charge in [-0.2, -0.15) is 0 Å². The first-order chi connectivity index (χ1) is 6.81. The lowest BCUT2D eigenvalue weighted by atomic mass is 10.1. The van der Waals surface area contributed by atoms with E-state index in [0.717, 1.165) is 22.2 Å². The monoisotopic (exact) mass is 250 g/mol. The summed E-state index contributed by atoms with van der Waals surface area (Å²) in [5.41, 5.74) is 2.43. The van der Waals surface area contributed by atoms with E-state index in [-0.39, 0.29) is 0 Å². The van der Waals surface area contributed by atoms with Crippen molar-refractivity contribution in [2.75, 3.05) is 0 Å². The molecule has 0 bridgehead atoms. The Labute approximate surface area is 91.9 Å². The average Bonchev–Trinajstić information content (AvgIpc) is 2.70. The van der Waals surface area contributed by atoms with E-state index < -0.39 is 0 Å². The van der Waals surface area contributed by atoms with E-state index >= 15 is 0 Å². The van der Waals surface area contributed by atoms with Crippen LogP contribution in [0.15, 0.2) is 45.5 Å². The zero-order chi connectivity index (χ0) is 9.97. The molecule has 0 saturated heterocycles. The molecule has 0 aliphatic rings. The Kier molecular flexibility index (Phi) is 2.73. The van der Waals surface area contributed by atoms with Crippen LogP contribution >= 0.6 is 15.9 Å². The maximum Gasteiger partial charge on any atom is 0.133 e. The second-order valence-corrected chi connectivity index (χ2v) is 3.99. The first-order valence-electron chi connectivity index (χ1n) is 4.63. The van der Waals surface area contributed by atoms with Gasteiger partial charge in [-0.15, -0.1) is 0 Å². The average molecular weight is 251 g/mol. The van der Waals surface area contributed by atoms with Crippen LogP contribution in [-0.4, -0.2) is 0 Å². The molecule has 1 heterocycles. The summed E-state index contributed by atoms with van der Waals surface area (Å²) >= 11 is 3.55. The second-order valence-electron chi connectivity index (χ2n) is 3.14. The van der Waals surface area contributed by atoms with Gasteiger partial charge in [0.1, 0.15) is 5.76 Å². The van der Waals surface area contributed by atoms with Crippen LogP contribution in [0.1, 0.15) is 12.5 Å². The number of furan rings is 1. The highest BCUT2D eigenvalue weighted by molar-refractivity contribution is 9.10. The molecule has 14 heavy (non-hydrogen) atoms. The first kappa shape index (κ1) is 9.53. The molecule has 0 aliphatic heterocycles. The molecule has 0 radical (unpaired) electrons.